The molecule has 0 amide bonds. The maximum atomic E-state index is 10.4. The van der Waals surface area contributed by atoms with E-state index >= 15 is 0 Å². The Morgan fingerprint density at radius 3 is 1.85 bits per heavy atom. The standard InChI is InChI=1S/C23H30O2Si/c1-23(2,3)26(21-15-9-7-10-16-21,22-17-11-8-12-18-22)25-20-14-6-4-5-13-19-24/h6-12,14-19H,4-5,13,20H2,1-3H3/b14-6+. The summed E-state index contributed by atoms with van der Waals surface area (Å²) < 4.78 is 6.76. The molecule has 0 atom stereocenters. The van der Waals surface area contributed by atoms with E-state index in [1.807, 2.05) is 0 Å². The van der Waals surface area contributed by atoms with Crippen LogP contribution in [0.3, 0.4) is 0 Å². The molecule has 0 unspecified atom stereocenters. The molecule has 0 N–H and O–H groups in total. The molecule has 138 valence electrons. The lowest BCUT2D eigenvalue weighted by Crippen LogP contribution is -2.66. The summed E-state index contributed by atoms with van der Waals surface area (Å²) in [5.41, 5.74) is 0. The highest BCUT2D eigenvalue weighted by molar-refractivity contribution is 6.99. The molecule has 2 rings (SSSR count). The third kappa shape index (κ3) is 4.80. The molecule has 0 spiro atoms. The second-order valence-electron chi connectivity index (χ2n) is 7.54. The van der Waals surface area contributed by atoms with Gasteiger partial charge in [0.25, 0.3) is 8.32 Å². The van der Waals surface area contributed by atoms with Crippen LogP contribution in [0.25, 0.3) is 0 Å². The molecule has 0 aliphatic rings. The number of rotatable bonds is 9. The lowest BCUT2D eigenvalue weighted by Gasteiger charge is -2.42. The minimum absolute atomic E-state index is 0.00106. The van der Waals surface area contributed by atoms with Gasteiger partial charge in [0, 0.05) is 6.42 Å². The van der Waals surface area contributed by atoms with Gasteiger partial charge in [-0.15, -0.1) is 0 Å². The van der Waals surface area contributed by atoms with E-state index in [4.69, 9.17) is 4.43 Å². The van der Waals surface area contributed by atoms with Gasteiger partial charge in [-0.25, -0.2) is 0 Å². The smallest absolute Gasteiger partial charge is 0.261 e. The van der Waals surface area contributed by atoms with Crippen molar-refractivity contribution in [1.82, 2.24) is 0 Å². The lowest BCUT2D eigenvalue weighted by molar-refractivity contribution is -0.107. The first kappa shape index (κ1) is 20.3. The first-order valence-electron chi connectivity index (χ1n) is 9.36. The van der Waals surface area contributed by atoms with Crippen molar-refractivity contribution in [1.29, 1.82) is 0 Å². The van der Waals surface area contributed by atoms with E-state index in [-0.39, 0.29) is 5.04 Å². The van der Waals surface area contributed by atoms with Crippen LogP contribution in [-0.4, -0.2) is 21.2 Å². The zero-order valence-corrected chi connectivity index (χ0v) is 17.2. The van der Waals surface area contributed by atoms with E-state index in [2.05, 4.69) is 93.6 Å². The number of unbranched alkanes of at least 4 members (excludes halogenated alkanes) is 2. The van der Waals surface area contributed by atoms with Gasteiger partial charge in [-0.1, -0.05) is 93.6 Å². The quantitative estimate of drug-likeness (QED) is 0.283. The van der Waals surface area contributed by atoms with Gasteiger partial charge in [-0.3, -0.25) is 0 Å². The van der Waals surface area contributed by atoms with Gasteiger partial charge in [0.2, 0.25) is 0 Å². The Hall–Kier alpha value is -1.97. The van der Waals surface area contributed by atoms with Crippen LogP contribution in [-0.2, 0) is 9.22 Å². The summed E-state index contributed by atoms with van der Waals surface area (Å²) in [6, 6.07) is 21.4. The average Bonchev–Trinajstić information content (AvgIpc) is 2.64. The van der Waals surface area contributed by atoms with Crippen LogP contribution in [0.1, 0.15) is 40.0 Å². The third-order valence-corrected chi connectivity index (χ3v) is 9.68. The number of benzene rings is 2. The summed E-state index contributed by atoms with van der Waals surface area (Å²) in [6.07, 6.45) is 7.65. The molecule has 0 aliphatic heterocycles. The largest absolute Gasteiger partial charge is 0.404 e. The average molecular weight is 367 g/mol. The third-order valence-electron chi connectivity index (χ3n) is 4.67. The summed E-state index contributed by atoms with van der Waals surface area (Å²) in [5, 5.41) is 2.60. The highest BCUT2D eigenvalue weighted by Crippen LogP contribution is 2.36. The second kappa shape index (κ2) is 9.65. The fraction of sp³-hybridized carbons (Fsp3) is 0.348. The number of hydrogen-bond donors (Lipinski definition) is 0. The monoisotopic (exact) mass is 366 g/mol. The Kier molecular flexibility index (Phi) is 7.55. The molecule has 0 saturated heterocycles. The Bertz CT molecular complexity index is 648. The zero-order chi connectivity index (χ0) is 18.9. The fourth-order valence-corrected chi connectivity index (χ4v) is 7.94. The molecule has 0 bridgehead atoms. The Morgan fingerprint density at radius 2 is 1.38 bits per heavy atom. The van der Waals surface area contributed by atoms with Crippen molar-refractivity contribution < 1.29 is 9.22 Å². The Labute approximate surface area is 159 Å². The first-order chi connectivity index (χ1) is 12.5. The lowest BCUT2D eigenvalue weighted by atomic mass is 10.2. The predicted molar refractivity (Wildman–Crippen MR) is 113 cm³/mol. The van der Waals surface area contributed by atoms with Crippen LogP contribution in [0.5, 0.6) is 0 Å². The zero-order valence-electron chi connectivity index (χ0n) is 16.2. The van der Waals surface area contributed by atoms with Crippen LogP contribution in [0.2, 0.25) is 5.04 Å². The fourth-order valence-electron chi connectivity index (χ4n) is 3.44. The number of carbonyl (C=O) groups excluding carboxylic acids is 1. The molecule has 3 heteroatoms. The van der Waals surface area contributed by atoms with Crippen molar-refractivity contribution >= 4 is 25.0 Å². The van der Waals surface area contributed by atoms with E-state index in [9.17, 15) is 4.79 Å². The maximum Gasteiger partial charge on any atom is 0.261 e. The predicted octanol–water partition coefficient (Wildman–Crippen LogP) is 4.49. The molecule has 0 saturated carbocycles. The summed E-state index contributed by atoms with van der Waals surface area (Å²) in [5.74, 6) is 0. The number of carbonyl (C=O) groups is 1. The van der Waals surface area contributed by atoms with E-state index in [1.165, 1.54) is 10.4 Å². The maximum absolute atomic E-state index is 10.4. The van der Waals surface area contributed by atoms with Gasteiger partial charge in [0.05, 0.1) is 6.61 Å². The molecular formula is C23H30O2Si. The molecule has 0 heterocycles. The van der Waals surface area contributed by atoms with Gasteiger partial charge >= 0.3 is 0 Å². The number of aldehydes is 1. The van der Waals surface area contributed by atoms with Crippen LogP contribution >= 0.6 is 0 Å². The van der Waals surface area contributed by atoms with Crippen LogP contribution in [0.15, 0.2) is 72.8 Å². The van der Waals surface area contributed by atoms with Crippen molar-refractivity contribution in [3.05, 3.63) is 72.8 Å². The van der Waals surface area contributed by atoms with Gasteiger partial charge < -0.3 is 9.22 Å². The molecule has 26 heavy (non-hydrogen) atoms. The normalized spacial score (nSPS) is 12.4. The molecule has 0 aromatic heterocycles. The molecule has 2 nitrogen and oxygen atoms in total. The molecule has 0 fully saturated rings. The minimum atomic E-state index is -2.43. The number of hydrogen-bond acceptors (Lipinski definition) is 2. The Balaban J connectivity index is 2.33. The first-order valence-corrected chi connectivity index (χ1v) is 11.3. The number of allylic oxidation sites excluding steroid dienone is 1. The van der Waals surface area contributed by atoms with E-state index < -0.39 is 8.32 Å². The van der Waals surface area contributed by atoms with Crippen molar-refractivity contribution in [2.75, 3.05) is 6.61 Å². The van der Waals surface area contributed by atoms with Crippen LogP contribution in [0, 0.1) is 0 Å². The van der Waals surface area contributed by atoms with Gasteiger partial charge in [-0.2, -0.15) is 0 Å². The van der Waals surface area contributed by atoms with Crippen molar-refractivity contribution in [2.24, 2.45) is 0 Å². The van der Waals surface area contributed by atoms with E-state index in [0.29, 0.717) is 13.0 Å². The summed E-state index contributed by atoms with van der Waals surface area (Å²) in [4.78, 5) is 10.4. The molecule has 0 aliphatic carbocycles. The van der Waals surface area contributed by atoms with Crippen molar-refractivity contribution in [2.45, 2.75) is 45.1 Å². The van der Waals surface area contributed by atoms with Crippen molar-refractivity contribution in [3.63, 3.8) is 0 Å². The molecule has 0 radical (unpaired) electrons. The summed E-state index contributed by atoms with van der Waals surface area (Å²) in [6.45, 7) is 7.45. The molecule has 2 aromatic rings. The van der Waals surface area contributed by atoms with Gasteiger partial charge in [0.1, 0.15) is 6.29 Å². The highest BCUT2D eigenvalue weighted by atomic mass is 28.4. The Morgan fingerprint density at radius 1 is 0.846 bits per heavy atom. The van der Waals surface area contributed by atoms with Crippen molar-refractivity contribution in [3.8, 4) is 0 Å². The SMILES string of the molecule is CC(C)(C)[Si](OC/C=C/CCCC=O)(c1ccccc1)c1ccccc1. The summed E-state index contributed by atoms with van der Waals surface area (Å²) >= 11 is 0. The van der Waals surface area contributed by atoms with Gasteiger partial charge in [0.15, 0.2) is 0 Å². The second-order valence-corrected chi connectivity index (χ2v) is 11.8. The van der Waals surface area contributed by atoms with E-state index in [1.54, 1.807) is 0 Å². The topological polar surface area (TPSA) is 26.3 Å². The van der Waals surface area contributed by atoms with Crippen LogP contribution < -0.4 is 10.4 Å². The minimum Gasteiger partial charge on any atom is -0.404 e. The molecular weight excluding hydrogens is 336 g/mol. The van der Waals surface area contributed by atoms with Crippen LogP contribution in [0.4, 0.5) is 0 Å². The summed E-state index contributed by atoms with van der Waals surface area (Å²) in [7, 11) is -2.43. The molecule has 2 aromatic carbocycles. The highest BCUT2D eigenvalue weighted by Gasteiger charge is 2.49. The van der Waals surface area contributed by atoms with E-state index in [0.717, 1.165) is 19.1 Å². The van der Waals surface area contributed by atoms with Gasteiger partial charge in [-0.05, 0) is 28.3 Å².